The van der Waals surface area contributed by atoms with Crippen molar-refractivity contribution >= 4 is 0 Å². The summed E-state index contributed by atoms with van der Waals surface area (Å²) in [6.45, 7) is 10.6. The number of nitrogens with one attached hydrogen (secondary N) is 1. The van der Waals surface area contributed by atoms with Gasteiger partial charge in [0.25, 0.3) is 0 Å². The predicted octanol–water partition coefficient (Wildman–Crippen LogP) is -2.67. The van der Waals surface area contributed by atoms with Crippen molar-refractivity contribution in [2.24, 2.45) is 0 Å². The summed E-state index contributed by atoms with van der Waals surface area (Å²) in [5.41, 5.74) is 0. The fraction of sp³-hybridized carbons (Fsp3) is 1.00. The molecule has 0 fully saturated rings. The average Bonchev–Trinajstić information content (AvgIpc) is 1.83. The first kappa shape index (κ1) is 12.1. The molecular formula is C7H18BrN. The molecule has 0 aliphatic heterocycles. The van der Waals surface area contributed by atoms with E-state index in [9.17, 15) is 0 Å². The molecule has 0 unspecified atom stereocenters. The van der Waals surface area contributed by atoms with Crippen LogP contribution in [0.2, 0.25) is 0 Å². The molecule has 0 aromatic carbocycles. The summed E-state index contributed by atoms with van der Waals surface area (Å²) < 4.78 is 0. The van der Waals surface area contributed by atoms with Gasteiger partial charge in [-0.2, -0.15) is 0 Å². The Labute approximate surface area is 69.2 Å². The van der Waals surface area contributed by atoms with E-state index in [1.807, 2.05) is 0 Å². The summed E-state index contributed by atoms with van der Waals surface area (Å²) in [5.74, 6) is 0. The standard InChI is InChI=1S/C7H17N.BrH/c1-4-7-8(5-2)6-3;/h4-7H2,1-3H3;1H. The smallest absolute Gasteiger partial charge is 0.0768 e. The number of hydrogen-bond acceptors (Lipinski definition) is 0. The van der Waals surface area contributed by atoms with Crippen LogP contribution in [0.3, 0.4) is 0 Å². The van der Waals surface area contributed by atoms with E-state index in [1.54, 1.807) is 4.90 Å². The first-order valence-corrected chi connectivity index (χ1v) is 3.68. The van der Waals surface area contributed by atoms with Crippen molar-refractivity contribution in [3.05, 3.63) is 0 Å². The van der Waals surface area contributed by atoms with Crippen LogP contribution in [-0.2, 0) is 0 Å². The van der Waals surface area contributed by atoms with Crippen molar-refractivity contribution in [2.75, 3.05) is 19.6 Å². The Morgan fingerprint density at radius 1 is 1.00 bits per heavy atom. The van der Waals surface area contributed by atoms with Gasteiger partial charge in [0.2, 0.25) is 0 Å². The molecule has 0 amide bonds. The van der Waals surface area contributed by atoms with Gasteiger partial charge in [0, 0.05) is 0 Å². The van der Waals surface area contributed by atoms with Gasteiger partial charge in [0.15, 0.2) is 0 Å². The Morgan fingerprint density at radius 2 is 1.44 bits per heavy atom. The lowest BCUT2D eigenvalue weighted by Gasteiger charge is -2.12. The second-order valence-electron chi connectivity index (χ2n) is 2.21. The van der Waals surface area contributed by atoms with Crippen LogP contribution in [0.15, 0.2) is 0 Å². The van der Waals surface area contributed by atoms with Gasteiger partial charge in [-0.3, -0.25) is 0 Å². The maximum absolute atomic E-state index is 2.24. The highest BCUT2D eigenvalue weighted by Crippen LogP contribution is 1.62. The highest BCUT2D eigenvalue weighted by Gasteiger charge is 1.96. The van der Waals surface area contributed by atoms with E-state index >= 15 is 0 Å². The third-order valence-electron chi connectivity index (χ3n) is 1.60. The highest BCUT2D eigenvalue weighted by atomic mass is 79.9. The number of rotatable bonds is 4. The van der Waals surface area contributed by atoms with E-state index in [1.165, 1.54) is 26.1 Å². The molecule has 0 rings (SSSR count). The molecule has 1 N–H and O–H groups in total. The molecule has 0 aliphatic carbocycles. The van der Waals surface area contributed by atoms with Gasteiger partial charge in [-0.15, -0.1) is 0 Å². The molecule has 0 atom stereocenters. The molecule has 1 nitrogen and oxygen atoms in total. The summed E-state index contributed by atoms with van der Waals surface area (Å²) in [7, 11) is 0. The van der Waals surface area contributed by atoms with E-state index in [0.717, 1.165) is 0 Å². The molecule has 0 heterocycles. The first-order valence-electron chi connectivity index (χ1n) is 3.68. The van der Waals surface area contributed by atoms with Gasteiger partial charge in [-0.25, -0.2) is 0 Å². The van der Waals surface area contributed by atoms with Gasteiger partial charge in [0.05, 0.1) is 19.6 Å². The molecule has 58 valence electrons. The van der Waals surface area contributed by atoms with Crippen molar-refractivity contribution in [1.29, 1.82) is 0 Å². The van der Waals surface area contributed by atoms with Crippen LogP contribution in [0.5, 0.6) is 0 Å². The second kappa shape index (κ2) is 8.44. The van der Waals surface area contributed by atoms with Crippen LogP contribution >= 0.6 is 0 Å². The van der Waals surface area contributed by atoms with Gasteiger partial charge < -0.3 is 21.9 Å². The zero-order valence-corrected chi connectivity index (χ0v) is 8.29. The predicted molar refractivity (Wildman–Crippen MR) is 37.2 cm³/mol. The Hall–Kier alpha value is 0.440. The maximum atomic E-state index is 2.24. The fourth-order valence-corrected chi connectivity index (χ4v) is 0.957. The molecule has 0 spiro atoms. The fourth-order valence-electron chi connectivity index (χ4n) is 0.957. The molecule has 0 aromatic heterocycles. The van der Waals surface area contributed by atoms with Crippen LogP contribution in [0, 0.1) is 0 Å². The van der Waals surface area contributed by atoms with Crippen LogP contribution in [0.25, 0.3) is 0 Å². The molecule has 0 aromatic rings. The topological polar surface area (TPSA) is 4.44 Å². The molecule has 0 saturated carbocycles. The highest BCUT2D eigenvalue weighted by molar-refractivity contribution is 4.20. The van der Waals surface area contributed by atoms with Crippen LogP contribution < -0.4 is 21.9 Å². The number of hydrogen-bond donors (Lipinski definition) is 1. The van der Waals surface area contributed by atoms with Crippen molar-refractivity contribution in [3.63, 3.8) is 0 Å². The van der Waals surface area contributed by atoms with E-state index < -0.39 is 0 Å². The van der Waals surface area contributed by atoms with E-state index in [2.05, 4.69) is 20.8 Å². The molecule has 0 aliphatic rings. The summed E-state index contributed by atoms with van der Waals surface area (Å²) >= 11 is 0. The largest absolute Gasteiger partial charge is 1.00 e. The van der Waals surface area contributed by atoms with E-state index in [4.69, 9.17) is 0 Å². The van der Waals surface area contributed by atoms with Crippen molar-refractivity contribution in [2.45, 2.75) is 27.2 Å². The summed E-state index contributed by atoms with van der Waals surface area (Å²) in [6.07, 6.45) is 1.32. The lowest BCUT2D eigenvalue weighted by molar-refractivity contribution is -0.896. The zero-order valence-electron chi connectivity index (χ0n) is 6.71. The molecule has 0 saturated heterocycles. The Balaban J connectivity index is 0. The maximum Gasteiger partial charge on any atom is 0.0768 e. The van der Waals surface area contributed by atoms with Gasteiger partial charge >= 0.3 is 0 Å². The van der Waals surface area contributed by atoms with Gasteiger partial charge in [-0.05, 0) is 20.3 Å². The molecule has 2 heteroatoms. The first-order chi connectivity index (χ1) is 3.85. The minimum atomic E-state index is 0. The van der Waals surface area contributed by atoms with Gasteiger partial charge in [-0.1, -0.05) is 6.92 Å². The minimum absolute atomic E-state index is 0. The van der Waals surface area contributed by atoms with Crippen LogP contribution in [0.1, 0.15) is 27.2 Å². The minimum Gasteiger partial charge on any atom is -1.00 e. The Kier molecular flexibility index (Phi) is 11.4. The van der Waals surface area contributed by atoms with Crippen molar-refractivity contribution in [3.8, 4) is 0 Å². The monoisotopic (exact) mass is 195 g/mol. The summed E-state index contributed by atoms with van der Waals surface area (Å²) in [5, 5.41) is 0. The number of halogens is 1. The lowest BCUT2D eigenvalue weighted by atomic mass is 10.4. The third kappa shape index (κ3) is 6.32. The van der Waals surface area contributed by atoms with Crippen molar-refractivity contribution in [1.82, 2.24) is 0 Å². The zero-order chi connectivity index (χ0) is 6.41. The Morgan fingerprint density at radius 3 is 1.56 bits per heavy atom. The van der Waals surface area contributed by atoms with Crippen molar-refractivity contribution < 1.29 is 21.9 Å². The molecule has 0 radical (unpaired) electrons. The SMILES string of the molecule is CCC[NH+](CC)CC.[Br-]. The molecule has 9 heavy (non-hydrogen) atoms. The van der Waals surface area contributed by atoms with Gasteiger partial charge in [0.1, 0.15) is 0 Å². The third-order valence-corrected chi connectivity index (χ3v) is 1.60. The quantitative estimate of drug-likeness (QED) is 0.500. The Bertz CT molecular complexity index is 44.2. The summed E-state index contributed by atoms with van der Waals surface area (Å²) in [4.78, 5) is 1.72. The van der Waals surface area contributed by atoms with E-state index in [-0.39, 0.29) is 17.0 Å². The molecule has 0 bridgehead atoms. The average molecular weight is 196 g/mol. The second-order valence-corrected chi connectivity index (χ2v) is 2.21. The normalized spacial score (nSPS) is 9.33. The lowest BCUT2D eigenvalue weighted by Crippen LogP contribution is -3.11. The van der Waals surface area contributed by atoms with Crippen LogP contribution in [0.4, 0.5) is 0 Å². The number of quaternary nitrogens is 1. The van der Waals surface area contributed by atoms with Crippen LogP contribution in [-0.4, -0.2) is 19.6 Å². The van der Waals surface area contributed by atoms with E-state index in [0.29, 0.717) is 0 Å². The molecular weight excluding hydrogens is 178 g/mol. The summed E-state index contributed by atoms with van der Waals surface area (Å²) in [6, 6.07) is 0.